The Kier molecular flexibility index (Phi) is 7.05. The smallest absolute Gasteiger partial charge is 0.222 e. The number of hydrogen-bond donors (Lipinski definition) is 4. The molecule has 0 saturated carbocycles. The van der Waals surface area contributed by atoms with Gasteiger partial charge in [-0.15, -0.1) is 0 Å². The van der Waals surface area contributed by atoms with Gasteiger partial charge in [0, 0.05) is 18.0 Å². The minimum Gasteiger partial charge on any atom is -0.508 e. The van der Waals surface area contributed by atoms with Crippen LogP contribution in [0.3, 0.4) is 0 Å². The highest BCUT2D eigenvalue weighted by Crippen LogP contribution is 2.49. The predicted molar refractivity (Wildman–Crippen MR) is 127 cm³/mol. The molecule has 0 aliphatic carbocycles. The molecule has 0 bridgehead atoms. The standard InChI is InChI=1S/C25H30N2O4S/c1-17-12-13-20(14-18(17)2)22(15-19-8-4-3-5-9-19)25(24(29)16-26,32(27,30)31)21-10-6-7-11-23(21)28/h3-14,22,24,28-29H,15-16,26H2,1-2H3,(H2,27,30,31). The summed E-state index contributed by atoms with van der Waals surface area (Å²) in [6, 6.07) is 21.1. The number of primary sulfonamides is 1. The topological polar surface area (TPSA) is 127 Å². The van der Waals surface area contributed by atoms with E-state index in [-0.39, 0.29) is 24.3 Å². The van der Waals surface area contributed by atoms with E-state index in [4.69, 9.17) is 10.9 Å². The molecule has 3 aromatic rings. The Morgan fingerprint density at radius 2 is 1.56 bits per heavy atom. The zero-order valence-electron chi connectivity index (χ0n) is 18.3. The third kappa shape index (κ3) is 4.29. The lowest BCUT2D eigenvalue weighted by Crippen LogP contribution is -2.57. The maximum Gasteiger partial charge on any atom is 0.222 e. The van der Waals surface area contributed by atoms with E-state index in [1.807, 2.05) is 62.4 Å². The van der Waals surface area contributed by atoms with E-state index in [0.717, 1.165) is 16.7 Å². The SMILES string of the molecule is Cc1ccc(C(Cc2ccccc2)C(c2ccccc2O)(C(O)CN)S(N)(=O)=O)cc1C. The molecule has 6 N–H and O–H groups in total. The Bertz CT molecular complexity index is 1180. The molecule has 0 aliphatic heterocycles. The second-order valence-corrected chi connectivity index (χ2v) is 9.96. The van der Waals surface area contributed by atoms with Crippen molar-refractivity contribution in [3.8, 4) is 5.75 Å². The van der Waals surface area contributed by atoms with Gasteiger partial charge in [0.25, 0.3) is 0 Å². The Hall–Kier alpha value is -2.71. The van der Waals surface area contributed by atoms with Crippen molar-refractivity contribution in [2.45, 2.75) is 37.0 Å². The van der Waals surface area contributed by atoms with E-state index in [9.17, 15) is 18.6 Å². The van der Waals surface area contributed by atoms with E-state index >= 15 is 0 Å². The van der Waals surface area contributed by atoms with Crippen LogP contribution < -0.4 is 10.9 Å². The first-order valence-corrected chi connectivity index (χ1v) is 12.0. The van der Waals surface area contributed by atoms with Gasteiger partial charge in [0.2, 0.25) is 10.0 Å². The van der Waals surface area contributed by atoms with Crippen molar-refractivity contribution in [1.29, 1.82) is 0 Å². The fourth-order valence-corrected chi connectivity index (χ4v) is 6.04. The Labute approximate surface area is 189 Å². The lowest BCUT2D eigenvalue weighted by molar-refractivity contribution is 0.112. The number of aryl methyl sites for hydroxylation is 2. The summed E-state index contributed by atoms with van der Waals surface area (Å²) in [5.74, 6) is -1.10. The highest BCUT2D eigenvalue weighted by atomic mass is 32.2. The van der Waals surface area contributed by atoms with Crippen molar-refractivity contribution in [2.24, 2.45) is 10.9 Å². The second-order valence-electron chi connectivity index (χ2n) is 8.19. The van der Waals surface area contributed by atoms with Crippen LogP contribution in [0.5, 0.6) is 5.75 Å². The Balaban J connectivity index is 2.42. The van der Waals surface area contributed by atoms with E-state index in [1.54, 1.807) is 12.1 Å². The number of para-hydroxylation sites is 1. The highest BCUT2D eigenvalue weighted by molar-refractivity contribution is 7.90. The van der Waals surface area contributed by atoms with Crippen molar-refractivity contribution < 1.29 is 18.6 Å². The fourth-order valence-electron chi connectivity index (χ4n) is 4.47. The molecule has 0 fully saturated rings. The Morgan fingerprint density at radius 3 is 2.12 bits per heavy atom. The van der Waals surface area contributed by atoms with Gasteiger partial charge in [-0.3, -0.25) is 0 Å². The minimum absolute atomic E-state index is 0.0274. The first kappa shape index (κ1) is 23.9. The Morgan fingerprint density at radius 1 is 0.938 bits per heavy atom. The normalized spacial score (nSPS) is 15.7. The lowest BCUT2D eigenvalue weighted by atomic mass is 9.73. The molecule has 0 saturated heterocycles. The van der Waals surface area contributed by atoms with Crippen LogP contribution in [0, 0.1) is 13.8 Å². The van der Waals surface area contributed by atoms with Gasteiger partial charge in [-0.1, -0.05) is 66.7 Å². The summed E-state index contributed by atoms with van der Waals surface area (Å²) in [6.45, 7) is 3.55. The number of phenolic OH excluding ortho intramolecular Hbond substituents is 1. The number of aliphatic hydroxyl groups is 1. The van der Waals surface area contributed by atoms with Crippen molar-refractivity contribution in [1.82, 2.24) is 0 Å². The van der Waals surface area contributed by atoms with E-state index in [0.29, 0.717) is 5.56 Å². The summed E-state index contributed by atoms with van der Waals surface area (Å²) in [5, 5.41) is 27.9. The van der Waals surface area contributed by atoms with Crippen LogP contribution in [0.2, 0.25) is 0 Å². The van der Waals surface area contributed by atoms with Gasteiger partial charge in [0.1, 0.15) is 10.5 Å². The van der Waals surface area contributed by atoms with Gasteiger partial charge >= 0.3 is 0 Å². The third-order valence-corrected chi connectivity index (χ3v) is 7.97. The van der Waals surface area contributed by atoms with Crippen LogP contribution >= 0.6 is 0 Å². The largest absolute Gasteiger partial charge is 0.508 e. The molecule has 0 heterocycles. The molecule has 0 amide bonds. The molecule has 170 valence electrons. The molecule has 3 unspecified atom stereocenters. The van der Waals surface area contributed by atoms with Crippen LogP contribution in [0.15, 0.2) is 72.8 Å². The average molecular weight is 455 g/mol. The molecule has 0 radical (unpaired) electrons. The maximum atomic E-state index is 13.4. The van der Waals surface area contributed by atoms with Gasteiger partial charge in [-0.25, -0.2) is 13.6 Å². The fraction of sp³-hybridized carbons (Fsp3) is 0.280. The summed E-state index contributed by atoms with van der Waals surface area (Å²) < 4.78 is 24.8. The zero-order valence-corrected chi connectivity index (χ0v) is 19.1. The van der Waals surface area contributed by atoms with E-state index in [1.165, 1.54) is 12.1 Å². The summed E-state index contributed by atoms with van der Waals surface area (Å²) in [7, 11) is -4.49. The molecule has 6 nitrogen and oxygen atoms in total. The molecule has 7 heteroatoms. The van der Waals surface area contributed by atoms with Crippen molar-refractivity contribution in [3.05, 3.63) is 101 Å². The molecule has 3 aromatic carbocycles. The van der Waals surface area contributed by atoms with Gasteiger partial charge in [0.05, 0.1) is 6.10 Å². The molecule has 32 heavy (non-hydrogen) atoms. The molecular weight excluding hydrogens is 424 g/mol. The number of nitrogens with two attached hydrogens (primary N) is 2. The molecular formula is C25H30N2O4S. The monoisotopic (exact) mass is 454 g/mol. The number of rotatable bonds is 8. The van der Waals surface area contributed by atoms with Gasteiger partial charge in [-0.05, 0) is 48.6 Å². The molecule has 3 rings (SSSR count). The summed E-state index contributed by atoms with van der Waals surface area (Å²) in [6.07, 6.45) is -1.31. The summed E-state index contributed by atoms with van der Waals surface area (Å²) in [5.41, 5.74) is 9.45. The predicted octanol–water partition coefficient (Wildman–Crippen LogP) is 2.84. The molecule has 0 spiro atoms. The van der Waals surface area contributed by atoms with Gasteiger partial charge < -0.3 is 15.9 Å². The summed E-state index contributed by atoms with van der Waals surface area (Å²) in [4.78, 5) is 0. The van der Waals surface area contributed by atoms with Crippen LogP contribution in [0.4, 0.5) is 0 Å². The third-order valence-electron chi connectivity index (χ3n) is 6.25. The zero-order chi connectivity index (χ0) is 23.5. The van der Waals surface area contributed by atoms with Crippen LogP contribution in [-0.2, 0) is 21.2 Å². The van der Waals surface area contributed by atoms with E-state index in [2.05, 4.69) is 0 Å². The van der Waals surface area contributed by atoms with Crippen LogP contribution in [-0.4, -0.2) is 31.3 Å². The summed E-state index contributed by atoms with van der Waals surface area (Å²) >= 11 is 0. The first-order chi connectivity index (χ1) is 15.1. The highest BCUT2D eigenvalue weighted by Gasteiger charge is 2.56. The number of sulfonamides is 1. The minimum atomic E-state index is -4.49. The number of phenols is 1. The quantitative estimate of drug-likeness (QED) is 0.416. The van der Waals surface area contributed by atoms with Crippen LogP contribution in [0.25, 0.3) is 0 Å². The molecule has 0 aliphatic rings. The maximum absolute atomic E-state index is 13.4. The number of aromatic hydroxyl groups is 1. The number of benzene rings is 3. The van der Waals surface area contributed by atoms with Crippen molar-refractivity contribution in [2.75, 3.05) is 6.54 Å². The second kappa shape index (κ2) is 9.42. The number of aliphatic hydroxyl groups excluding tert-OH is 1. The van der Waals surface area contributed by atoms with Gasteiger partial charge in [0.15, 0.2) is 0 Å². The van der Waals surface area contributed by atoms with Crippen molar-refractivity contribution >= 4 is 10.0 Å². The molecule has 3 atom stereocenters. The van der Waals surface area contributed by atoms with Gasteiger partial charge in [-0.2, -0.15) is 0 Å². The van der Waals surface area contributed by atoms with E-state index < -0.39 is 26.8 Å². The van der Waals surface area contributed by atoms with Crippen molar-refractivity contribution in [3.63, 3.8) is 0 Å². The average Bonchev–Trinajstić information content (AvgIpc) is 2.76. The lowest BCUT2D eigenvalue weighted by Gasteiger charge is -2.43. The van der Waals surface area contributed by atoms with Crippen LogP contribution in [0.1, 0.15) is 33.7 Å². The molecule has 0 aromatic heterocycles. The first-order valence-electron chi connectivity index (χ1n) is 10.4. The number of hydrogen-bond acceptors (Lipinski definition) is 5.